The van der Waals surface area contributed by atoms with Crippen molar-refractivity contribution in [2.45, 2.75) is 30.6 Å². The molecule has 0 bridgehead atoms. The lowest BCUT2D eigenvalue weighted by Gasteiger charge is -2.27. The Hall–Kier alpha value is -1.35. The lowest BCUT2D eigenvalue weighted by atomic mass is 9.81. The van der Waals surface area contributed by atoms with Gasteiger partial charge in [-0.1, -0.05) is 0 Å². The molecule has 3 aliphatic rings. The fourth-order valence-electron chi connectivity index (χ4n) is 3.85. The zero-order chi connectivity index (χ0) is 17.0. The second-order valence-corrected chi connectivity index (χ2v) is 9.42. The van der Waals surface area contributed by atoms with E-state index in [2.05, 4.69) is 5.32 Å². The van der Waals surface area contributed by atoms with E-state index in [9.17, 15) is 23.1 Å². The average Bonchev–Trinajstić information content (AvgIpc) is 3.03. The number of carboxylic acids is 1. The molecule has 23 heavy (non-hydrogen) atoms. The Labute approximate surface area is 135 Å². The van der Waals surface area contributed by atoms with Gasteiger partial charge in [-0.05, 0) is 19.8 Å². The number of nitrogens with one attached hydrogen (secondary N) is 1. The van der Waals surface area contributed by atoms with E-state index < -0.39 is 38.0 Å². The zero-order valence-corrected chi connectivity index (χ0v) is 14.1. The van der Waals surface area contributed by atoms with Gasteiger partial charge < -0.3 is 20.1 Å². The van der Waals surface area contributed by atoms with Crippen molar-refractivity contribution in [2.24, 2.45) is 11.3 Å². The first-order chi connectivity index (χ1) is 10.6. The van der Waals surface area contributed by atoms with Gasteiger partial charge in [-0.2, -0.15) is 0 Å². The molecule has 3 rings (SSSR count). The number of urea groups is 1. The van der Waals surface area contributed by atoms with Crippen LogP contribution in [0.1, 0.15) is 19.8 Å². The van der Waals surface area contributed by atoms with Crippen LogP contribution in [-0.4, -0.2) is 73.8 Å². The Balaban J connectivity index is 1.68. The lowest BCUT2D eigenvalue weighted by molar-refractivity contribution is -0.149. The summed E-state index contributed by atoms with van der Waals surface area (Å²) in [6, 6.07) is -0.898. The number of carbonyl (C=O) groups excluding carboxylic acids is 1. The number of amides is 2. The minimum absolute atomic E-state index is 0.0947. The van der Waals surface area contributed by atoms with Gasteiger partial charge in [0.2, 0.25) is 0 Å². The number of likely N-dealkylation sites (tertiary alicyclic amines) is 1. The Bertz CT molecular complexity index is 644. The molecular formula is C14H22N2O6S. The summed E-state index contributed by atoms with van der Waals surface area (Å²) in [5.41, 5.74) is -1.03. The SMILES string of the molecule is CC(NC(=O)N1C[C@@H]2COC[C@]2(C(=O)O)C1)C1(S(C)(=O)=O)CC1. The zero-order valence-electron chi connectivity index (χ0n) is 13.2. The van der Waals surface area contributed by atoms with E-state index >= 15 is 0 Å². The third-order valence-corrected chi connectivity index (χ3v) is 7.94. The number of hydrogen-bond donors (Lipinski definition) is 2. The van der Waals surface area contributed by atoms with Gasteiger partial charge in [0.1, 0.15) is 5.41 Å². The number of rotatable bonds is 4. The molecule has 2 N–H and O–H groups in total. The van der Waals surface area contributed by atoms with E-state index in [1.807, 2.05) is 0 Å². The first-order valence-electron chi connectivity index (χ1n) is 7.69. The van der Waals surface area contributed by atoms with Crippen molar-refractivity contribution in [3.05, 3.63) is 0 Å². The Morgan fingerprint density at radius 3 is 2.52 bits per heavy atom. The van der Waals surface area contributed by atoms with E-state index in [1.165, 1.54) is 11.2 Å². The van der Waals surface area contributed by atoms with Crippen molar-refractivity contribution >= 4 is 21.8 Å². The molecule has 0 aromatic heterocycles. The Kier molecular flexibility index (Phi) is 3.64. The smallest absolute Gasteiger partial charge is 0.317 e. The van der Waals surface area contributed by atoms with Crippen molar-refractivity contribution in [2.75, 3.05) is 32.6 Å². The molecule has 0 aromatic carbocycles. The maximum absolute atomic E-state index is 12.4. The summed E-state index contributed by atoms with van der Waals surface area (Å²) in [4.78, 5) is 25.5. The highest BCUT2D eigenvalue weighted by molar-refractivity contribution is 7.92. The predicted octanol–water partition coefficient (Wildman–Crippen LogP) is -0.305. The van der Waals surface area contributed by atoms with Crippen molar-refractivity contribution in [3.63, 3.8) is 0 Å². The molecule has 0 aromatic rings. The van der Waals surface area contributed by atoms with Gasteiger partial charge in [0.05, 0.1) is 18.0 Å². The highest BCUT2D eigenvalue weighted by Gasteiger charge is 2.59. The van der Waals surface area contributed by atoms with Crippen LogP contribution in [0.25, 0.3) is 0 Å². The van der Waals surface area contributed by atoms with E-state index in [-0.39, 0.29) is 19.1 Å². The molecule has 3 fully saturated rings. The molecule has 9 heteroatoms. The number of fused-ring (bicyclic) bond motifs is 1. The molecule has 0 spiro atoms. The normalized spacial score (nSPS) is 33.1. The van der Waals surface area contributed by atoms with E-state index in [1.54, 1.807) is 6.92 Å². The molecule has 2 amide bonds. The molecule has 2 aliphatic heterocycles. The van der Waals surface area contributed by atoms with Gasteiger partial charge >= 0.3 is 12.0 Å². The van der Waals surface area contributed by atoms with Crippen LogP contribution in [-0.2, 0) is 19.4 Å². The quantitative estimate of drug-likeness (QED) is 0.722. The number of aliphatic carboxylic acids is 1. The largest absolute Gasteiger partial charge is 0.481 e. The average molecular weight is 346 g/mol. The first kappa shape index (κ1) is 16.5. The van der Waals surface area contributed by atoms with E-state index in [0.717, 1.165) is 0 Å². The van der Waals surface area contributed by atoms with Crippen molar-refractivity contribution in [1.82, 2.24) is 10.2 Å². The number of nitrogens with zero attached hydrogens (tertiary/aromatic N) is 1. The minimum Gasteiger partial charge on any atom is -0.481 e. The number of carboxylic acid groups (broad SMARTS) is 1. The number of hydrogen-bond acceptors (Lipinski definition) is 5. The molecule has 1 unspecified atom stereocenters. The summed E-state index contributed by atoms with van der Waals surface area (Å²) in [6.45, 7) is 2.55. The standard InChI is InChI=1S/C14H22N2O6S/c1-9(14(3-4-14)23(2,20)21)15-12(19)16-5-10-6-22-8-13(10,7-16)11(17)18/h9-10H,3-8H2,1-2H3,(H,15,19)(H,17,18)/t9?,10-,13-/m1/s1. The summed E-state index contributed by atoms with van der Waals surface area (Å²) in [6.07, 6.45) is 2.28. The molecule has 2 heterocycles. The summed E-state index contributed by atoms with van der Waals surface area (Å²) >= 11 is 0. The van der Waals surface area contributed by atoms with Gasteiger partial charge in [-0.15, -0.1) is 0 Å². The van der Waals surface area contributed by atoms with Crippen LogP contribution >= 0.6 is 0 Å². The second kappa shape index (κ2) is 5.07. The Morgan fingerprint density at radius 1 is 1.39 bits per heavy atom. The number of carbonyl (C=O) groups is 2. The van der Waals surface area contributed by atoms with Gasteiger partial charge in [-0.3, -0.25) is 4.79 Å². The minimum atomic E-state index is -3.25. The molecule has 1 saturated carbocycles. The monoisotopic (exact) mass is 346 g/mol. The molecule has 2 saturated heterocycles. The highest BCUT2D eigenvalue weighted by atomic mass is 32.2. The van der Waals surface area contributed by atoms with Gasteiger partial charge in [0.25, 0.3) is 0 Å². The molecule has 3 atom stereocenters. The number of sulfone groups is 1. The van der Waals surface area contributed by atoms with Crippen LogP contribution in [0, 0.1) is 11.3 Å². The van der Waals surface area contributed by atoms with Crippen molar-refractivity contribution in [3.8, 4) is 0 Å². The summed E-state index contributed by atoms with van der Waals surface area (Å²) in [5.74, 6) is -1.16. The van der Waals surface area contributed by atoms with E-state index in [0.29, 0.717) is 26.0 Å². The first-order valence-corrected chi connectivity index (χ1v) is 9.58. The third-order valence-electron chi connectivity index (χ3n) is 5.70. The maximum atomic E-state index is 12.4. The van der Waals surface area contributed by atoms with Gasteiger partial charge in [0.15, 0.2) is 9.84 Å². The maximum Gasteiger partial charge on any atom is 0.317 e. The van der Waals surface area contributed by atoms with Crippen LogP contribution < -0.4 is 5.32 Å². The van der Waals surface area contributed by atoms with Crippen LogP contribution in [0.15, 0.2) is 0 Å². The molecule has 8 nitrogen and oxygen atoms in total. The molecular weight excluding hydrogens is 324 g/mol. The molecule has 1 aliphatic carbocycles. The van der Waals surface area contributed by atoms with Crippen LogP contribution in [0.5, 0.6) is 0 Å². The fourth-order valence-corrected chi connectivity index (χ4v) is 5.39. The third kappa shape index (κ3) is 2.40. The van der Waals surface area contributed by atoms with Crippen LogP contribution in [0.4, 0.5) is 4.79 Å². The van der Waals surface area contributed by atoms with Gasteiger partial charge in [0, 0.05) is 31.3 Å². The van der Waals surface area contributed by atoms with Crippen molar-refractivity contribution in [1.29, 1.82) is 0 Å². The molecule has 0 radical (unpaired) electrons. The second-order valence-electron chi connectivity index (χ2n) is 7.06. The lowest BCUT2D eigenvalue weighted by Crippen LogP contribution is -2.51. The fraction of sp³-hybridized carbons (Fsp3) is 0.857. The van der Waals surface area contributed by atoms with Crippen LogP contribution in [0.2, 0.25) is 0 Å². The summed E-state index contributed by atoms with van der Waals surface area (Å²) in [5, 5.41) is 12.2. The van der Waals surface area contributed by atoms with Crippen LogP contribution in [0.3, 0.4) is 0 Å². The van der Waals surface area contributed by atoms with Crippen molar-refractivity contribution < 1.29 is 27.9 Å². The number of ether oxygens (including phenoxy) is 1. The Morgan fingerprint density at radius 2 is 2.04 bits per heavy atom. The molecule has 130 valence electrons. The van der Waals surface area contributed by atoms with E-state index in [4.69, 9.17) is 4.74 Å². The summed E-state index contributed by atoms with van der Waals surface area (Å²) in [7, 11) is -3.25. The summed E-state index contributed by atoms with van der Waals surface area (Å²) < 4.78 is 28.2. The highest BCUT2D eigenvalue weighted by Crippen LogP contribution is 2.46. The predicted molar refractivity (Wildman–Crippen MR) is 80.8 cm³/mol. The van der Waals surface area contributed by atoms with Gasteiger partial charge in [-0.25, -0.2) is 13.2 Å². The topological polar surface area (TPSA) is 113 Å².